The molecule has 112 valence electrons. The van der Waals surface area contributed by atoms with Crippen molar-refractivity contribution in [2.45, 2.75) is 39.2 Å². The van der Waals surface area contributed by atoms with Crippen molar-refractivity contribution in [1.82, 2.24) is 20.2 Å². The number of benzene rings is 1. The van der Waals surface area contributed by atoms with E-state index < -0.39 is 0 Å². The number of rotatable bonds is 5. The highest BCUT2D eigenvalue weighted by Crippen LogP contribution is 2.37. The molecule has 0 aliphatic carbocycles. The zero-order valence-electron chi connectivity index (χ0n) is 12.5. The van der Waals surface area contributed by atoms with Crippen LogP contribution in [0.25, 0.3) is 11.4 Å². The average molecular weight is 288 g/mol. The first-order valence-corrected chi connectivity index (χ1v) is 7.43. The van der Waals surface area contributed by atoms with Crippen molar-refractivity contribution in [3.8, 4) is 22.9 Å². The lowest BCUT2D eigenvalue weighted by atomic mass is 10.0. The molecule has 0 bridgehead atoms. The Bertz CT molecular complexity index is 624. The lowest BCUT2D eigenvalue weighted by Gasteiger charge is -2.14. The minimum atomic E-state index is 0.712. The SMILES string of the molecule is CCCCOc1cc2c(cc1OC)-c1nnnn1CCC2. The zero-order chi connectivity index (χ0) is 14.7. The maximum atomic E-state index is 5.86. The number of aromatic nitrogens is 4. The topological polar surface area (TPSA) is 62.1 Å². The van der Waals surface area contributed by atoms with E-state index in [2.05, 4.69) is 28.5 Å². The predicted octanol–water partition coefficient (Wildman–Crippen LogP) is 2.47. The molecule has 6 heteroatoms. The van der Waals surface area contributed by atoms with Gasteiger partial charge >= 0.3 is 0 Å². The van der Waals surface area contributed by atoms with Crippen molar-refractivity contribution in [1.29, 1.82) is 0 Å². The van der Waals surface area contributed by atoms with Gasteiger partial charge in [0.15, 0.2) is 17.3 Å². The Morgan fingerprint density at radius 1 is 1.29 bits per heavy atom. The zero-order valence-corrected chi connectivity index (χ0v) is 12.5. The van der Waals surface area contributed by atoms with Gasteiger partial charge in [0.2, 0.25) is 0 Å². The summed E-state index contributed by atoms with van der Waals surface area (Å²) in [6.07, 6.45) is 4.15. The second-order valence-corrected chi connectivity index (χ2v) is 5.19. The van der Waals surface area contributed by atoms with Crippen LogP contribution < -0.4 is 9.47 Å². The van der Waals surface area contributed by atoms with Crippen LogP contribution >= 0.6 is 0 Å². The molecule has 1 aromatic heterocycles. The standard InChI is InChI=1S/C15H20N4O2/c1-3-4-8-21-14-9-11-6-5-7-19-15(16-17-18-19)12(11)10-13(14)20-2/h9-10H,3-8H2,1-2H3. The lowest BCUT2D eigenvalue weighted by molar-refractivity contribution is 0.288. The van der Waals surface area contributed by atoms with Gasteiger partial charge in [0.1, 0.15) is 0 Å². The molecule has 0 fully saturated rings. The normalized spacial score (nSPS) is 13.2. The molecule has 1 aliphatic rings. The van der Waals surface area contributed by atoms with Crippen molar-refractivity contribution >= 4 is 0 Å². The Balaban J connectivity index is 1.99. The quantitative estimate of drug-likeness (QED) is 0.791. The second kappa shape index (κ2) is 6.11. The first kappa shape index (κ1) is 13.9. The Hall–Kier alpha value is -2.11. The second-order valence-electron chi connectivity index (χ2n) is 5.19. The summed E-state index contributed by atoms with van der Waals surface area (Å²) in [6, 6.07) is 4.07. The molecule has 21 heavy (non-hydrogen) atoms. The van der Waals surface area contributed by atoms with E-state index in [9.17, 15) is 0 Å². The lowest BCUT2D eigenvalue weighted by Crippen LogP contribution is -2.02. The number of ether oxygens (including phenoxy) is 2. The number of unbranched alkanes of at least 4 members (excludes halogenated alkanes) is 1. The maximum Gasteiger partial charge on any atom is 0.182 e. The molecule has 0 saturated heterocycles. The highest BCUT2D eigenvalue weighted by Gasteiger charge is 2.20. The molecule has 2 heterocycles. The fourth-order valence-corrected chi connectivity index (χ4v) is 2.58. The summed E-state index contributed by atoms with van der Waals surface area (Å²) >= 11 is 0. The number of fused-ring (bicyclic) bond motifs is 3. The molecule has 0 radical (unpaired) electrons. The fraction of sp³-hybridized carbons (Fsp3) is 0.533. The predicted molar refractivity (Wildman–Crippen MR) is 78.5 cm³/mol. The van der Waals surface area contributed by atoms with Crippen LogP contribution in [0, 0.1) is 0 Å². The minimum absolute atomic E-state index is 0.712. The third-order valence-electron chi connectivity index (χ3n) is 3.73. The number of methoxy groups -OCH3 is 1. The van der Waals surface area contributed by atoms with Gasteiger partial charge < -0.3 is 9.47 Å². The molecule has 2 aromatic rings. The van der Waals surface area contributed by atoms with E-state index >= 15 is 0 Å². The Labute approximate surface area is 124 Å². The van der Waals surface area contributed by atoms with E-state index in [-0.39, 0.29) is 0 Å². The van der Waals surface area contributed by atoms with Gasteiger partial charge in [0.25, 0.3) is 0 Å². The van der Waals surface area contributed by atoms with Gasteiger partial charge in [-0.25, -0.2) is 4.68 Å². The van der Waals surface area contributed by atoms with E-state index in [1.54, 1.807) is 7.11 Å². The van der Waals surface area contributed by atoms with Crippen LogP contribution in [-0.4, -0.2) is 33.9 Å². The molecule has 0 saturated carbocycles. The van der Waals surface area contributed by atoms with Crippen molar-refractivity contribution in [2.75, 3.05) is 13.7 Å². The van der Waals surface area contributed by atoms with E-state index in [0.29, 0.717) is 6.61 Å². The van der Waals surface area contributed by atoms with E-state index in [1.807, 2.05) is 10.7 Å². The molecular formula is C15H20N4O2. The first-order chi connectivity index (χ1) is 10.3. The number of hydrogen-bond acceptors (Lipinski definition) is 5. The summed E-state index contributed by atoms with van der Waals surface area (Å²) in [7, 11) is 1.66. The third-order valence-corrected chi connectivity index (χ3v) is 3.73. The smallest absolute Gasteiger partial charge is 0.182 e. The Morgan fingerprint density at radius 3 is 3.00 bits per heavy atom. The van der Waals surface area contributed by atoms with Crippen molar-refractivity contribution in [3.63, 3.8) is 0 Å². The Kier molecular flexibility index (Phi) is 4.03. The largest absolute Gasteiger partial charge is 0.493 e. The summed E-state index contributed by atoms with van der Waals surface area (Å²) in [5.74, 6) is 2.35. The van der Waals surface area contributed by atoms with Gasteiger partial charge in [-0.15, -0.1) is 5.10 Å². The van der Waals surface area contributed by atoms with Crippen LogP contribution in [0.5, 0.6) is 11.5 Å². The molecule has 0 N–H and O–H groups in total. The molecule has 0 atom stereocenters. The fourth-order valence-electron chi connectivity index (χ4n) is 2.58. The van der Waals surface area contributed by atoms with E-state index in [0.717, 1.165) is 55.1 Å². The molecule has 1 aliphatic heterocycles. The molecule has 1 aromatic carbocycles. The number of aryl methyl sites for hydroxylation is 2. The number of tetrazole rings is 1. The molecule has 0 amide bonds. The van der Waals surface area contributed by atoms with Gasteiger partial charge in [-0.05, 0) is 47.4 Å². The van der Waals surface area contributed by atoms with Crippen LogP contribution in [0.3, 0.4) is 0 Å². The van der Waals surface area contributed by atoms with Crippen LogP contribution in [0.1, 0.15) is 31.7 Å². The van der Waals surface area contributed by atoms with E-state index in [4.69, 9.17) is 9.47 Å². The van der Waals surface area contributed by atoms with Crippen LogP contribution in [0.15, 0.2) is 12.1 Å². The van der Waals surface area contributed by atoms with Crippen LogP contribution in [-0.2, 0) is 13.0 Å². The van der Waals surface area contributed by atoms with Gasteiger partial charge in [-0.3, -0.25) is 0 Å². The molecular weight excluding hydrogens is 268 g/mol. The van der Waals surface area contributed by atoms with Crippen LogP contribution in [0.2, 0.25) is 0 Å². The average Bonchev–Trinajstić information content (AvgIpc) is 2.89. The van der Waals surface area contributed by atoms with Gasteiger partial charge in [-0.1, -0.05) is 13.3 Å². The highest BCUT2D eigenvalue weighted by molar-refractivity contribution is 5.66. The summed E-state index contributed by atoms with van der Waals surface area (Å²) in [5, 5.41) is 12.0. The maximum absolute atomic E-state index is 5.86. The summed E-state index contributed by atoms with van der Waals surface area (Å²) < 4.78 is 13.2. The van der Waals surface area contributed by atoms with Gasteiger partial charge in [0.05, 0.1) is 13.7 Å². The summed E-state index contributed by atoms with van der Waals surface area (Å²) in [5.41, 5.74) is 2.26. The highest BCUT2D eigenvalue weighted by atomic mass is 16.5. The molecule has 0 spiro atoms. The summed E-state index contributed by atoms with van der Waals surface area (Å²) in [6.45, 7) is 3.70. The molecule has 6 nitrogen and oxygen atoms in total. The molecule has 0 unspecified atom stereocenters. The van der Waals surface area contributed by atoms with Crippen LogP contribution in [0.4, 0.5) is 0 Å². The first-order valence-electron chi connectivity index (χ1n) is 7.43. The Morgan fingerprint density at radius 2 is 2.19 bits per heavy atom. The monoisotopic (exact) mass is 288 g/mol. The van der Waals surface area contributed by atoms with Gasteiger partial charge in [0, 0.05) is 12.1 Å². The number of hydrogen-bond donors (Lipinski definition) is 0. The number of nitrogens with zero attached hydrogens (tertiary/aromatic N) is 4. The van der Waals surface area contributed by atoms with E-state index in [1.165, 1.54) is 5.56 Å². The van der Waals surface area contributed by atoms with Gasteiger partial charge in [-0.2, -0.15) is 0 Å². The summed E-state index contributed by atoms with van der Waals surface area (Å²) in [4.78, 5) is 0. The van der Waals surface area contributed by atoms with Crippen molar-refractivity contribution < 1.29 is 9.47 Å². The third kappa shape index (κ3) is 2.70. The van der Waals surface area contributed by atoms with Crippen molar-refractivity contribution in [3.05, 3.63) is 17.7 Å². The molecule has 3 rings (SSSR count). The minimum Gasteiger partial charge on any atom is -0.493 e. The van der Waals surface area contributed by atoms with Crippen molar-refractivity contribution in [2.24, 2.45) is 0 Å².